The van der Waals surface area contributed by atoms with E-state index in [4.69, 9.17) is 9.84 Å². The number of carboxylic acid groups (broad SMARTS) is 1. The van der Waals surface area contributed by atoms with Crippen molar-refractivity contribution in [1.29, 1.82) is 0 Å². The number of aliphatic carboxylic acids is 1. The van der Waals surface area contributed by atoms with Crippen molar-refractivity contribution in [2.45, 2.75) is 76.9 Å². The van der Waals surface area contributed by atoms with Gasteiger partial charge in [-0.15, -0.1) is 0 Å². The van der Waals surface area contributed by atoms with E-state index in [9.17, 15) is 9.59 Å². The van der Waals surface area contributed by atoms with Crippen molar-refractivity contribution in [3.05, 3.63) is 0 Å². The Bertz CT molecular complexity index is 406. The summed E-state index contributed by atoms with van der Waals surface area (Å²) in [6.45, 7) is 2.61. The minimum atomic E-state index is -0.843. The third kappa shape index (κ3) is 4.93. The summed E-state index contributed by atoms with van der Waals surface area (Å²) in [6, 6.07) is -0.217. The highest BCUT2D eigenvalue weighted by molar-refractivity contribution is 5.80. The van der Waals surface area contributed by atoms with Gasteiger partial charge in [-0.2, -0.15) is 0 Å². The number of methoxy groups -OCH3 is 1. The van der Waals surface area contributed by atoms with Gasteiger partial charge in [0.1, 0.15) is 0 Å². The number of ether oxygens (including phenoxy) is 1. The predicted octanol–water partition coefficient (Wildman–Crippen LogP) is 3.07. The van der Waals surface area contributed by atoms with Crippen LogP contribution >= 0.6 is 0 Å². The summed E-state index contributed by atoms with van der Waals surface area (Å²) in [7, 11) is 1.63. The first-order chi connectivity index (χ1) is 11.0. The zero-order chi connectivity index (χ0) is 16.8. The number of carboxylic acids is 1. The van der Waals surface area contributed by atoms with E-state index in [1.807, 2.05) is 0 Å². The van der Waals surface area contributed by atoms with Crippen LogP contribution < -0.4 is 0 Å². The normalized spacial score (nSPS) is 27.1. The molecule has 1 aliphatic heterocycles. The average molecular weight is 325 g/mol. The van der Waals surface area contributed by atoms with Gasteiger partial charge in [-0.05, 0) is 25.2 Å². The van der Waals surface area contributed by atoms with E-state index in [1.165, 1.54) is 32.1 Å². The van der Waals surface area contributed by atoms with Gasteiger partial charge in [-0.25, -0.2) is 0 Å². The highest BCUT2D eigenvalue weighted by Crippen LogP contribution is 2.32. The maximum atomic E-state index is 13.0. The van der Waals surface area contributed by atoms with Crippen molar-refractivity contribution >= 4 is 11.9 Å². The number of hydrogen-bond acceptors (Lipinski definition) is 3. The Hall–Kier alpha value is -1.10. The zero-order valence-electron chi connectivity index (χ0n) is 14.5. The third-order valence-corrected chi connectivity index (χ3v) is 5.59. The van der Waals surface area contributed by atoms with E-state index in [2.05, 4.69) is 6.92 Å². The molecular weight excluding hydrogens is 294 g/mol. The number of hydrogen-bond donors (Lipinski definition) is 1. The molecule has 2 rings (SSSR count). The number of carbonyl (C=O) groups is 2. The molecule has 0 aromatic rings. The number of carbonyl (C=O) groups excluding carboxylic acids is 1. The molecule has 0 bridgehead atoms. The van der Waals surface area contributed by atoms with Crippen LogP contribution in [0.3, 0.4) is 0 Å². The van der Waals surface area contributed by atoms with E-state index in [0.717, 1.165) is 12.8 Å². The van der Waals surface area contributed by atoms with Gasteiger partial charge in [-0.1, -0.05) is 39.0 Å². The first kappa shape index (κ1) is 18.2. The van der Waals surface area contributed by atoms with Gasteiger partial charge in [0.05, 0.1) is 12.5 Å². The summed E-state index contributed by atoms with van der Waals surface area (Å²) in [5.41, 5.74) is 0. The Kier molecular flexibility index (Phi) is 6.88. The number of likely N-dealkylation sites (tertiary alicyclic amines) is 1. The standard InChI is InChI=1S/C18H31NO4/c1-3-14(9-13-7-5-4-6-8-13)18(22)19-12-16(23-2)10-15(19)11-17(20)21/h13-16H,3-12H2,1-2H3,(H,20,21). The molecule has 132 valence electrons. The molecule has 1 aliphatic carbocycles. The van der Waals surface area contributed by atoms with Crippen LogP contribution in [0.4, 0.5) is 0 Å². The van der Waals surface area contributed by atoms with Gasteiger partial charge < -0.3 is 14.7 Å². The van der Waals surface area contributed by atoms with Crippen LogP contribution in [0.1, 0.15) is 64.7 Å². The van der Waals surface area contributed by atoms with Crippen molar-refractivity contribution in [3.8, 4) is 0 Å². The largest absolute Gasteiger partial charge is 0.481 e. The lowest BCUT2D eigenvalue weighted by Gasteiger charge is -2.30. The van der Waals surface area contributed by atoms with Crippen LogP contribution in [-0.4, -0.2) is 47.7 Å². The molecule has 5 nitrogen and oxygen atoms in total. The lowest BCUT2D eigenvalue weighted by Crippen LogP contribution is -2.41. The summed E-state index contributed by atoms with van der Waals surface area (Å²) < 4.78 is 5.38. The molecule has 3 atom stereocenters. The fourth-order valence-electron chi connectivity index (χ4n) is 4.21. The number of amides is 1. The molecule has 0 aromatic heterocycles. The molecule has 5 heteroatoms. The molecule has 0 aromatic carbocycles. The van der Waals surface area contributed by atoms with Crippen molar-refractivity contribution in [2.24, 2.45) is 11.8 Å². The first-order valence-corrected chi connectivity index (χ1v) is 9.10. The maximum absolute atomic E-state index is 13.0. The Morgan fingerprint density at radius 3 is 2.52 bits per heavy atom. The zero-order valence-corrected chi connectivity index (χ0v) is 14.5. The van der Waals surface area contributed by atoms with Gasteiger partial charge in [0.15, 0.2) is 0 Å². The van der Waals surface area contributed by atoms with E-state index >= 15 is 0 Å². The predicted molar refractivity (Wildman–Crippen MR) is 88.1 cm³/mol. The molecule has 0 spiro atoms. The lowest BCUT2D eigenvalue weighted by atomic mass is 9.81. The van der Waals surface area contributed by atoms with Crippen LogP contribution in [0.25, 0.3) is 0 Å². The van der Waals surface area contributed by atoms with Crippen LogP contribution in [0.2, 0.25) is 0 Å². The average Bonchev–Trinajstić information content (AvgIpc) is 2.95. The van der Waals surface area contributed by atoms with Crippen LogP contribution in [-0.2, 0) is 14.3 Å². The molecular formula is C18H31NO4. The topological polar surface area (TPSA) is 66.8 Å². The Labute approximate surface area is 139 Å². The summed E-state index contributed by atoms with van der Waals surface area (Å²) in [5.74, 6) is -0.00449. The summed E-state index contributed by atoms with van der Waals surface area (Å²) in [6.07, 6.45) is 8.79. The van der Waals surface area contributed by atoms with Crippen molar-refractivity contribution in [2.75, 3.05) is 13.7 Å². The van der Waals surface area contributed by atoms with Crippen LogP contribution in [0.5, 0.6) is 0 Å². The van der Waals surface area contributed by atoms with Crippen molar-refractivity contribution in [1.82, 2.24) is 4.90 Å². The van der Waals surface area contributed by atoms with Crippen molar-refractivity contribution in [3.63, 3.8) is 0 Å². The van der Waals surface area contributed by atoms with E-state index < -0.39 is 5.97 Å². The molecule has 1 N–H and O–H groups in total. The molecule has 0 radical (unpaired) electrons. The molecule has 1 saturated carbocycles. The molecule has 1 saturated heterocycles. The molecule has 1 heterocycles. The fourth-order valence-corrected chi connectivity index (χ4v) is 4.21. The second-order valence-corrected chi connectivity index (χ2v) is 7.18. The minimum Gasteiger partial charge on any atom is -0.481 e. The van der Waals surface area contributed by atoms with Crippen LogP contribution in [0, 0.1) is 11.8 Å². The van der Waals surface area contributed by atoms with Gasteiger partial charge in [-0.3, -0.25) is 9.59 Å². The molecule has 1 amide bonds. The fraction of sp³-hybridized carbons (Fsp3) is 0.889. The van der Waals surface area contributed by atoms with Gasteiger partial charge in [0, 0.05) is 25.6 Å². The lowest BCUT2D eigenvalue weighted by molar-refractivity contribution is -0.141. The Morgan fingerprint density at radius 1 is 1.26 bits per heavy atom. The maximum Gasteiger partial charge on any atom is 0.305 e. The molecule has 3 unspecified atom stereocenters. The Morgan fingerprint density at radius 2 is 1.96 bits per heavy atom. The first-order valence-electron chi connectivity index (χ1n) is 9.10. The SMILES string of the molecule is CCC(CC1CCCCC1)C(=O)N1CC(OC)CC1CC(=O)O. The molecule has 23 heavy (non-hydrogen) atoms. The van der Waals surface area contributed by atoms with E-state index in [-0.39, 0.29) is 30.4 Å². The van der Waals surface area contributed by atoms with Gasteiger partial charge >= 0.3 is 5.97 Å². The van der Waals surface area contributed by atoms with Gasteiger partial charge in [0.2, 0.25) is 5.91 Å². The highest BCUT2D eigenvalue weighted by Gasteiger charge is 2.39. The van der Waals surface area contributed by atoms with Gasteiger partial charge in [0.25, 0.3) is 0 Å². The second-order valence-electron chi connectivity index (χ2n) is 7.18. The third-order valence-electron chi connectivity index (χ3n) is 5.59. The Balaban J connectivity index is 2.00. The smallest absolute Gasteiger partial charge is 0.305 e. The molecule has 2 aliphatic rings. The van der Waals surface area contributed by atoms with E-state index in [0.29, 0.717) is 18.9 Å². The highest BCUT2D eigenvalue weighted by atomic mass is 16.5. The monoisotopic (exact) mass is 325 g/mol. The van der Waals surface area contributed by atoms with Crippen molar-refractivity contribution < 1.29 is 19.4 Å². The summed E-state index contributed by atoms with van der Waals surface area (Å²) in [5, 5.41) is 9.11. The van der Waals surface area contributed by atoms with Crippen LogP contribution in [0.15, 0.2) is 0 Å². The van der Waals surface area contributed by atoms with E-state index in [1.54, 1.807) is 12.0 Å². The molecule has 2 fully saturated rings. The second kappa shape index (κ2) is 8.67. The quantitative estimate of drug-likeness (QED) is 0.781. The summed E-state index contributed by atoms with van der Waals surface area (Å²) >= 11 is 0. The minimum absolute atomic E-state index is 0.0193. The number of rotatable bonds is 7. The summed E-state index contributed by atoms with van der Waals surface area (Å²) in [4.78, 5) is 25.9. The number of nitrogens with zero attached hydrogens (tertiary/aromatic N) is 1.